The summed E-state index contributed by atoms with van der Waals surface area (Å²) < 4.78 is 21.3. The molecule has 1 atom stereocenters. The first-order valence-corrected chi connectivity index (χ1v) is 11.3. The summed E-state index contributed by atoms with van der Waals surface area (Å²) in [7, 11) is 0. The van der Waals surface area contributed by atoms with Gasteiger partial charge in [0.15, 0.2) is 0 Å². The van der Waals surface area contributed by atoms with Crippen LogP contribution in [0.2, 0.25) is 0 Å². The highest BCUT2D eigenvalue weighted by Gasteiger charge is 2.36. The Balaban J connectivity index is 1.46. The van der Waals surface area contributed by atoms with E-state index in [1.165, 1.54) is 17.8 Å². The number of carbonyl (C=O) groups excluding carboxylic acids is 1. The van der Waals surface area contributed by atoms with Gasteiger partial charge >= 0.3 is 0 Å². The lowest BCUT2D eigenvalue weighted by atomic mass is 10.00. The monoisotopic (exact) mass is 461 g/mol. The van der Waals surface area contributed by atoms with Crippen molar-refractivity contribution in [2.75, 3.05) is 10.6 Å². The van der Waals surface area contributed by atoms with Gasteiger partial charge in [-0.1, -0.05) is 48.2 Å². The molecule has 1 aliphatic heterocycles. The molecule has 0 spiro atoms. The Morgan fingerprint density at radius 3 is 2.70 bits per heavy atom. The van der Waals surface area contributed by atoms with E-state index in [0.29, 0.717) is 45.1 Å². The zero-order valence-electron chi connectivity index (χ0n) is 17.7. The predicted octanol–water partition coefficient (Wildman–Crippen LogP) is 5.23. The van der Waals surface area contributed by atoms with E-state index in [-0.39, 0.29) is 11.7 Å². The van der Waals surface area contributed by atoms with E-state index in [1.807, 2.05) is 37.3 Å². The number of fused-ring (bicyclic) bond motifs is 1. The van der Waals surface area contributed by atoms with E-state index < -0.39 is 6.04 Å². The Labute approximate surface area is 193 Å². The Hall–Kier alpha value is -3.85. The van der Waals surface area contributed by atoms with Crippen LogP contribution >= 0.6 is 11.8 Å². The second kappa shape index (κ2) is 8.95. The largest absolute Gasteiger partial charge is 0.467 e. The minimum absolute atomic E-state index is 0.266. The third-order valence-electron chi connectivity index (χ3n) is 5.24. The molecule has 7 nitrogen and oxygen atoms in total. The molecule has 166 valence electrons. The fourth-order valence-electron chi connectivity index (χ4n) is 3.67. The molecule has 1 unspecified atom stereocenters. The van der Waals surface area contributed by atoms with Gasteiger partial charge in [0.2, 0.25) is 11.1 Å². The Morgan fingerprint density at radius 2 is 1.94 bits per heavy atom. The Morgan fingerprint density at radius 1 is 1.15 bits per heavy atom. The van der Waals surface area contributed by atoms with E-state index in [9.17, 15) is 9.18 Å². The quantitative estimate of drug-likeness (QED) is 0.383. The molecule has 1 aliphatic rings. The van der Waals surface area contributed by atoms with Crippen molar-refractivity contribution in [2.45, 2.75) is 23.9 Å². The van der Waals surface area contributed by atoms with E-state index in [2.05, 4.69) is 20.7 Å². The van der Waals surface area contributed by atoms with Crippen LogP contribution in [0.3, 0.4) is 0 Å². The van der Waals surface area contributed by atoms with Crippen LogP contribution in [0.5, 0.6) is 0 Å². The lowest BCUT2D eigenvalue weighted by molar-refractivity contribution is -0.113. The number of benzene rings is 2. The first kappa shape index (κ1) is 21.0. The summed E-state index contributed by atoms with van der Waals surface area (Å²) in [5, 5.41) is 11.2. The van der Waals surface area contributed by atoms with Gasteiger partial charge in [0, 0.05) is 17.1 Å². The molecule has 1 amide bonds. The molecular weight excluding hydrogens is 441 g/mol. The second-order valence-corrected chi connectivity index (χ2v) is 8.39. The molecule has 3 heterocycles. The maximum atomic E-state index is 14.0. The zero-order chi connectivity index (χ0) is 22.8. The number of rotatable bonds is 6. The molecule has 5 rings (SSSR count). The van der Waals surface area contributed by atoms with Gasteiger partial charge in [-0.2, -0.15) is 4.98 Å². The minimum atomic E-state index is -0.602. The summed E-state index contributed by atoms with van der Waals surface area (Å²) in [6.45, 7) is 1.82. The van der Waals surface area contributed by atoms with Crippen LogP contribution in [0.25, 0.3) is 0 Å². The number of thioether (sulfide) groups is 1. The third-order valence-corrected chi connectivity index (χ3v) is 6.12. The van der Waals surface area contributed by atoms with Crippen LogP contribution in [0.1, 0.15) is 24.3 Å². The van der Waals surface area contributed by atoms with Crippen molar-refractivity contribution in [3.63, 3.8) is 0 Å². The number of carbonyl (C=O) groups is 1. The Kier molecular flexibility index (Phi) is 5.70. The van der Waals surface area contributed by atoms with Crippen molar-refractivity contribution < 1.29 is 13.6 Å². The number of para-hydroxylation sites is 1. The number of allylic oxidation sites excluding steroid dienone is 1. The van der Waals surface area contributed by atoms with Crippen LogP contribution in [-0.2, 0) is 10.5 Å². The number of aromatic nitrogens is 3. The predicted molar refractivity (Wildman–Crippen MR) is 124 cm³/mol. The van der Waals surface area contributed by atoms with E-state index in [0.717, 1.165) is 0 Å². The maximum Gasteiger partial charge on any atom is 0.256 e. The van der Waals surface area contributed by atoms with Gasteiger partial charge in [0.1, 0.15) is 17.6 Å². The molecule has 0 saturated heterocycles. The number of halogens is 1. The summed E-state index contributed by atoms with van der Waals surface area (Å²) in [6.07, 6.45) is 1.56. The summed E-state index contributed by atoms with van der Waals surface area (Å²) in [4.78, 5) is 17.8. The van der Waals surface area contributed by atoms with Crippen molar-refractivity contribution >= 4 is 29.3 Å². The molecule has 0 radical (unpaired) electrons. The molecule has 9 heteroatoms. The van der Waals surface area contributed by atoms with Crippen LogP contribution in [0.4, 0.5) is 16.0 Å². The highest BCUT2D eigenvalue weighted by molar-refractivity contribution is 7.98. The van der Waals surface area contributed by atoms with Crippen molar-refractivity contribution in [3.05, 3.63) is 101 Å². The average Bonchev–Trinajstić information content (AvgIpc) is 3.48. The summed E-state index contributed by atoms with van der Waals surface area (Å²) in [6, 6.07) is 18.8. The molecule has 2 N–H and O–H groups in total. The molecular formula is C24H20FN5O2S. The summed E-state index contributed by atoms with van der Waals surface area (Å²) in [5.41, 5.74) is 2.38. The van der Waals surface area contributed by atoms with Gasteiger partial charge < -0.3 is 15.1 Å². The Bertz CT molecular complexity index is 1320. The molecule has 0 bridgehead atoms. The molecule has 4 aromatic rings. The highest BCUT2D eigenvalue weighted by Crippen LogP contribution is 2.37. The standard InChI is InChI=1S/C24H20FN5O2S/c1-15-20(22(31)27-17-9-3-2-4-10-17)21(19-12-7-13-32-19)30-23(26-15)28-24(29-30)33-14-16-8-5-6-11-18(16)25/h2-13,21H,14H2,1H3,(H,27,31)(H,26,28,29). The summed E-state index contributed by atoms with van der Waals surface area (Å²) >= 11 is 1.32. The smallest absolute Gasteiger partial charge is 0.256 e. The van der Waals surface area contributed by atoms with Gasteiger partial charge in [0.25, 0.3) is 5.91 Å². The van der Waals surface area contributed by atoms with Crippen molar-refractivity contribution in [1.29, 1.82) is 0 Å². The van der Waals surface area contributed by atoms with Crippen LogP contribution in [0, 0.1) is 5.82 Å². The highest BCUT2D eigenvalue weighted by atomic mass is 32.2. The molecule has 2 aromatic heterocycles. The van der Waals surface area contributed by atoms with E-state index >= 15 is 0 Å². The number of hydrogen-bond acceptors (Lipinski definition) is 6. The van der Waals surface area contributed by atoms with Crippen molar-refractivity contribution in [3.8, 4) is 0 Å². The first-order valence-electron chi connectivity index (χ1n) is 10.3. The van der Waals surface area contributed by atoms with Crippen LogP contribution in [0.15, 0.2) is 93.8 Å². The number of amides is 1. The normalized spacial score (nSPS) is 15.2. The van der Waals surface area contributed by atoms with Gasteiger partial charge in [-0.25, -0.2) is 9.07 Å². The molecule has 0 fully saturated rings. The van der Waals surface area contributed by atoms with E-state index in [4.69, 9.17) is 4.42 Å². The number of anilines is 2. The van der Waals surface area contributed by atoms with Crippen LogP contribution < -0.4 is 10.6 Å². The average molecular weight is 462 g/mol. The minimum Gasteiger partial charge on any atom is -0.467 e. The number of nitrogens with one attached hydrogen (secondary N) is 2. The summed E-state index contributed by atoms with van der Waals surface area (Å²) in [5.74, 6) is 0.897. The zero-order valence-corrected chi connectivity index (χ0v) is 18.5. The SMILES string of the molecule is CC1=C(C(=O)Nc2ccccc2)C(c2ccco2)n2nc(SCc3ccccc3F)nc2N1. The molecule has 33 heavy (non-hydrogen) atoms. The van der Waals surface area contributed by atoms with Gasteiger partial charge in [0.05, 0.1) is 11.8 Å². The van der Waals surface area contributed by atoms with E-state index in [1.54, 1.807) is 41.3 Å². The lowest BCUT2D eigenvalue weighted by Gasteiger charge is -2.27. The van der Waals surface area contributed by atoms with Crippen molar-refractivity contribution in [2.24, 2.45) is 0 Å². The number of nitrogens with zero attached hydrogens (tertiary/aromatic N) is 3. The van der Waals surface area contributed by atoms with Gasteiger partial charge in [-0.05, 0) is 42.8 Å². The molecule has 0 saturated carbocycles. The molecule has 0 aliphatic carbocycles. The molecule has 2 aromatic carbocycles. The third kappa shape index (κ3) is 4.27. The van der Waals surface area contributed by atoms with Crippen LogP contribution in [-0.4, -0.2) is 20.7 Å². The topological polar surface area (TPSA) is 85.0 Å². The van der Waals surface area contributed by atoms with Gasteiger partial charge in [-0.3, -0.25) is 4.79 Å². The van der Waals surface area contributed by atoms with Crippen molar-refractivity contribution in [1.82, 2.24) is 14.8 Å². The number of furan rings is 1. The maximum absolute atomic E-state index is 14.0. The fourth-order valence-corrected chi connectivity index (χ4v) is 4.49. The fraction of sp³-hybridized carbons (Fsp3) is 0.125. The first-order chi connectivity index (χ1) is 16.1. The van der Waals surface area contributed by atoms with Gasteiger partial charge in [-0.15, -0.1) is 5.10 Å². The lowest BCUT2D eigenvalue weighted by Crippen LogP contribution is -2.31. The number of hydrogen-bond donors (Lipinski definition) is 2. The second-order valence-electron chi connectivity index (χ2n) is 7.44.